The predicted molar refractivity (Wildman–Crippen MR) is 139 cm³/mol. The lowest BCUT2D eigenvalue weighted by molar-refractivity contribution is -0.149. The zero-order chi connectivity index (χ0) is 26.7. The van der Waals surface area contributed by atoms with Crippen molar-refractivity contribution in [3.63, 3.8) is 0 Å². The number of piperidine rings is 1. The van der Waals surface area contributed by atoms with E-state index in [0.29, 0.717) is 35.7 Å². The summed E-state index contributed by atoms with van der Waals surface area (Å²) < 4.78 is 7.18. The molecule has 0 aliphatic carbocycles. The fraction of sp³-hybridized carbons (Fsp3) is 0.370. The van der Waals surface area contributed by atoms with Gasteiger partial charge in [0.05, 0.1) is 24.8 Å². The second-order valence-corrected chi connectivity index (χ2v) is 9.54. The van der Waals surface area contributed by atoms with Crippen LogP contribution in [-0.2, 0) is 16.1 Å². The van der Waals surface area contributed by atoms with E-state index in [4.69, 9.17) is 16.3 Å². The Kier molecular flexibility index (Phi) is 7.92. The Hall–Kier alpha value is -3.72. The Labute approximate surface area is 219 Å². The molecule has 194 valence electrons. The first kappa shape index (κ1) is 26.3. The number of carbonyl (C=O) groups excluding carboxylic acids is 2. The molecule has 1 fully saturated rings. The first-order chi connectivity index (χ1) is 17.7. The van der Waals surface area contributed by atoms with Crippen molar-refractivity contribution in [2.45, 2.75) is 40.2 Å². The molecule has 9 nitrogen and oxygen atoms in total. The second-order valence-electron chi connectivity index (χ2n) is 9.14. The lowest BCUT2D eigenvalue weighted by Gasteiger charge is -2.31. The summed E-state index contributed by atoms with van der Waals surface area (Å²) in [5.41, 5.74) is 1.04. The minimum Gasteiger partial charge on any atom is -0.466 e. The number of hydrogen-bond donors (Lipinski definition) is 0. The molecule has 4 rings (SSSR count). The van der Waals surface area contributed by atoms with Gasteiger partial charge in [-0.1, -0.05) is 35.9 Å². The van der Waals surface area contributed by atoms with Gasteiger partial charge in [0.15, 0.2) is 0 Å². The molecule has 1 saturated heterocycles. The maximum Gasteiger partial charge on any atom is 0.352 e. The fourth-order valence-electron chi connectivity index (χ4n) is 4.37. The molecule has 0 bridgehead atoms. The third kappa shape index (κ3) is 5.51. The van der Waals surface area contributed by atoms with Gasteiger partial charge in [-0.25, -0.2) is 4.79 Å². The molecule has 1 aliphatic rings. The molecule has 1 amide bonds. The van der Waals surface area contributed by atoms with Gasteiger partial charge in [0.2, 0.25) is 5.69 Å². The number of carbonyl (C=O) groups is 2. The molecule has 10 heteroatoms. The smallest absolute Gasteiger partial charge is 0.352 e. The molecule has 0 spiro atoms. The predicted octanol–water partition coefficient (Wildman–Crippen LogP) is 3.13. The SMILES string of the molecule is CCOC(=O)C1CCCN(C(=O)c2nn(-c3ccc(C)c(C)c3)c(=O)n(Cc3ccccc3Cl)c2=O)C1. The summed E-state index contributed by atoms with van der Waals surface area (Å²) in [5, 5.41) is 4.64. The molecular formula is C27H29ClN4O5. The van der Waals surface area contributed by atoms with E-state index in [0.717, 1.165) is 20.4 Å². The van der Waals surface area contributed by atoms with Crippen LogP contribution in [0.1, 0.15) is 46.9 Å². The first-order valence-corrected chi connectivity index (χ1v) is 12.6. The van der Waals surface area contributed by atoms with Crippen molar-refractivity contribution in [1.82, 2.24) is 19.2 Å². The summed E-state index contributed by atoms with van der Waals surface area (Å²) in [6.45, 7) is 6.17. The number of benzene rings is 2. The summed E-state index contributed by atoms with van der Waals surface area (Å²) in [4.78, 5) is 54.3. The summed E-state index contributed by atoms with van der Waals surface area (Å²) in [5.74, 6) is -1.48. The zero-order valence-electron chi connectivity index (χ0n) is 21.1. The molecule has 0 N–H and O–H groups in total. The average Bonchev–Trinajstić information content (AvgIpc) is 2.89. The highest BCUT2D eigenvalue weighted by Gasteiger charge is 2.32. The molecule has 37 heavy (non-hydrogen) atoms. The summed E-state index contributed by atoms with van der Waals surface area (Å²) in [6, 6.07) is 12.2. The number of likely N-dealkylation sites (tertiary alicyclic amines) is 1. The van der Waals surface area contributed by atoms with E-state index in [-0.39, 0.29) is 25.7 Å². The molecule has 1 atom stereocenters. The molecule has 2 aromatic carbocycles. The van der Waals surface area contributed by atoms with Gasteiger partial charge in [0.1, 0.15) is 0 Å². The quantitative estimate of drug-likeness (QED) is 0.459. The van der Waals surface area contributed by atoms with Gasteiger partial charge in [-0.2, -0.15) is 9.78 Å². The molecule has 0 radical (unpaired) electrons. The van der Waals surface area contributed by atoms with Crippen LogP contribution >= 0.6 is 11.6 Å². The van der Waals surface area contributed by atoms with Gasteiger partial charge in [-0.05, 0) is 68.5 Å². The van der Waals surface area contributed by atoms with E-state index in [1.54, 1.807) is 43.3 Å². The molecule has 0 saturated carbocycles. The van der Waals surface area contributed by atoms with Crippen LogP contribution in [0.5, 0.6) is 0 Å². The van der Waals surface area contributed by atoms with Crippen LogP contribution in [0.15, 0.2) is 52.1 Å². The molecule has 3 aromatic rings. The number of aryl methyl sites for hydroxylation is 2. The van der Waals surface area contributed by atoms with Crippen LogP contribution in [-0.4, -0.2) is 50.8 Å². The van der Waals surface area contributed by atoms with Crippen LogP contribution in [0.25, 0.3) is 5.69 Å². The summed E-state index contributed by atoms with van der Waals surface area (Å²) in [7, 11) is 0. The van der Waals surface area contributed by atoms with Crippen LogP contribution in [0, 0.1) is 19.8 Å². The summed E-state index contributed by atoms with van der Waals surface area (Å²) >= 11 is 6.31. The van der Waals surface area contributed by atoms with E-state index >= 15 is 0 Å². The number of esters is 1. The zero-order valence-corrected chi connectivity index (χ0v) is 21.8. The monoisotopic (exact) mass is 524 g/mol. The maximum atomic E-state index is 13.6. The van der Waals surface area contributed by atoms with E-state index < -0.39 is 28.8 Å². The topological polar surface area (TPSA) is 104 Å². The van der Waals surface area contributed by atoms with Crippen LogP contribution in [0.3, 0.4) is 0 Å². The Morgan fingerprint density at radius 1 is 1.11 bits per heavy atom. The fourth-order valence-corrected chi connectivity index (χ4v) is 4.57. The highest BCUT2D eigenvalue weighted by Crippen LogP contribution is 2.20. The van der Waals surface area contributed by atoms with Crippen molar-refractivity contribution >= 4 is 23.5 Å². The van der Waals surface area contributed by atoms with Crippen molar-refractivity contribution in [3.8, 4) is 5.69 Å². The van der Waals surface area contributed by atoms with Gasteiger partial charge in [0.25, 0.3) is 11.5 Å². The maximum absolute atomic E-state index is 13.6. The van der Waals surface area contributed by atoms with Gasteiger partial charge >= 0.3 is 11.7 Å². The van der Waals surface area contributed by atoms with Gasteiger partial charge in [0, 0.05) is 18.1 Å². The van der Waals surface area contributed by atoms with Crippen molar-refractivity contribution in [2.24, 2.45) is 5.92 Å². The number of nitrogens with zero attached hydrogens (tertiary/aromatic N) is 4. The van der Waals surface area contributed by atoms with Crippen molar-refractivity contribution in [2.75, 3.05) is 19.7 Å². The van der Waals surface area contributed by atoms with Crippen molar-refractivity contribution < 1.29 is 14.3 Å². The van der Waals surface area contributed by atoms with E-state index in [2.05, 4.69) is 5.10 Å². The van der Waals surface area contributed by atoms with Gasteiger partial charge < -0.3 is 9.64 Å². The van der Waals surface area contributed by atoms with Crippen LogP contribution in [0.2, 0.25) is 5.02 Å². The lowest BCUT2D eigenvalue weighted by atomic mass is 9.98. The average molecular weight is 525 g/mol. The molecular weight excluding hydrogens is 496 g/mol. The summed E-state index contributed by atoms with van der Waals surface area (Å²) in [6.07, 6.45) is 1.18. The normalized spacial score (nSPS) is 15.5. The van der Waals surface area contributed by atoms with E-state index in [1.807, 2.05) is 19.9 Å². The van der Waals surface area contributed by atoms with Crippen LogP contribution < -0.4 is 11.2 Å². The first-order valence-electron chi connectivity index (χ1n) is 12.2. The van der Waals surface area contributed by atoms with E-state index in [1.165, 1.54) is 4.90 Å². The number of ether oxygens (including phenoxy) is 1. The minimum atomic E-state index is -0.812. The Bertz CT molecular complexity index is 1460. The third-order valence-corrected chi connectivity index (χ3v) is 6.98. The molecule has 1 aromatic heterocycles. The van der Waals surface area contributed by atoms with Gasteiger partial charge in [-0.3, -0.25) is 19.0 Å². The second kappa shape index (κ2) is 11.1. The number of aromatic nitrogens is 3. The highest BCUT2D eigenvalue weighted by atomic mass is 35.5. The number of halogens is 1. The highest BCUT2D eigenvalue weighted by molar-refractivity contribution is 6.31. The van der Waals surface area contributed by atoms with Crippen LogP contribution in [0.4, 0.5) is 0 Å². The van der Waals surface area contributed by atoms with Crippen molar-refractivity contribution in [1.29, 1.82) is 0 Å². The largest absolute Gasteiger partial charge is 0.466 e. The lowest BCUT2D eigenvalue weighted by Crippen LogP contribution is -2.49. The molecule has 1 aliphatic heterocycles. The Balaban J connectivity index is 1.82. The Morgan fingerprint density at radius 2 is 1.86 bits per heavy atom. The molecule has 2 heterocycles. The van der Waals surface area contributed by atoms with E-state index in [9.17, 15) is 19.2 Å². The number of amides is 1. The van der Waals surface area contributed by atoms with Gasteiger partial charge in [-0.15, -0.1) is 0 Å². The molecule has 1 unspecified atom stereocenters. The number of rotatable bonds is 6. The Morgan fingerprint density at radius 3 is 2.57 bits per heavy atom. The number of hydrogen-bond acceptors (Lipinski definition) is 6. The van der Waals surface area contributed by atoms with Crippen molar-refractivity contribution in [3.05, 3.63) is 90.7 Å². The third-order valence-electron chi connectivity index (χ3n) is 6.61. The standard InChI is InChI=1S/C27H29ClN4O5/c1-4-37-26(35)20-9-7-13-30(15-20)24(33)23-25(34)31(16-19-8-5-6-10-22(19)28)27(36)32(29-23)21-12-11-17(2)18(3)14-21/h5-6,8,10-12,14,20H,4,7,9,13,15-16H2,1-3H3. The minimum absolute atomic E-state index is 0.117.